The molecular weight excluding hydrogens is 272 g/mol. The Morgan fingerprint density at radius 3 is 2.73 bits per heavy atom. The lowest BCUT2D eigenvalue weighted by Gasteiger charge is -2.54. The molecule has 4 aliphatic carbocycles. The van der Waals surface area contributed by atoms with Crippen molar-refractivity contribution in [1.29, 1.82) is 0 Å². The zero-order chi connectivity index (χ0) is 15.7. The number of allylic oxidation sites excluding steroid dienone is 4. The largest absolute Gasteiger partial charge is 0.393 e. The van der Waals surface area contributed by atoms with Crippen LogP contribution in [0.4, 0.5) is 0 Å². The molecule has 0 aliphatic heterocycles. The monoisotopic (exact) mass is 300 g/mol. The topological polar surface area (TPSA) is 40.5 Å². The number of aliphatic hydroxyl groups excluding tert-OH is 2. The third-order valence-corrected chi connectivity index (χ3v) is 7.33. The Labute approximate surface area is 133 Å². The molecule has 2 nitrogen and oxygen atoms in total. The van der Waals surface area contributed by atoms with E-state index in [1.54, 1.807) is 5.57 Å². The Morgan fingerprint density at radius 1 is 1.18 bits per heavy atom. The highest BCUT2D eigenvalue weighted by Gasteiger charge is 2.56. The normalized spacial score (nSPS) is 53.2. The zero-order valence-corrected chi connectivity index (χ0v) is 13.9. The Hall–Kier alpha value is -0.860. The molecule has 0 saturated heterocycles. The van der Waals surface area contributed by atoms with E-state index in [0.29, 0.717) is 17.8 Å². The maximum absolute atomic E-state index is 10.5. The van der Waals surface area contributed by atoms with Crippen LogP contribution >= 0.6 is 0 Å². The maximum atomic E-state index is 10.5. The second-order valence-corrected chi connectivity index (χ2v) is 8.52. The molecule has 0 amide bonds. The van der Waals surface area contributed by atoms with Crippen LogP contribution in [0.2, 0.25) is 0 Å². The molecule has 120 valence electrons. The van der Waals surface area contributed by atoms with Gasteiger partial charge < -0.3 is 10.2 Å². The minimum absolute atomic E-state index is 0.00865. The van der Waals surface area contributed by atoms with Gasteiger partial charge >= 0.3 is 0 Å². The molecule has 0 spiro atoms. The lowest BCUT2D eigenvalue weighted by Crippen LogP contribution is -2.47. The number of fused-ring (bicyclic) bond motifs is 5. The van der Waals surface area contributed by atoms with Crippen molar-refractivity contribution in [2.75, 3.05) is 0 Å². The van der Waals surface area contributed by atoms with Crippen LogP contribution < -0.4 is 0 Å². The molecule has 2 fully saturated rings. The highest BCUT2D eigenvalue weighted by Crippen LogP contribution is 2.63. The van der Waals surface area contributed by atoms with Crippen molar-refractivity contribution in [2.45, 2.75) is 58.7 Å². The summed E-state index contributed by atoms with van der Waals surface area (Å²) in [5, 5.41) is 20.5. The molecule has 0 heterocycles. The first-order valence-electron chi connectivity index (χ1n) is 8.83. The molecule has 0 aromatic heterocycles. The van der Waals surface area contributed by atoms with E-state index < -0.39 is 6.10 Å². The average molecular weight is 300 g/mol. The van der Waals surface area contributed by atoms with E-state index in [-0.39, 0.29) is 16.9 Å². The Bertz CT molecular complexity index is 587. The van der Waals surface area contributed by atoms with Crippen LogP contribution in [0.3, 0.4) is 0 Å². The summed E-state index contributed by atoms with van der Waals surface area (Å²) >= 11 is 0. The van der Waals surface area contributed by atoms with Crippen molar-refractivity contribution in [3.63, 3.8) is 0 Å². The van der Waals surface area contributed by atoms with Gasteiger partial charge in [-0.15, -0.1) is 0 Å². The molecule has 2 N–H and O–H groups in total. The van der Waals surface area contributed by atoms with Crippen molar-refractivity contribution in [2.24, 2.45) is 28.6 Å². The predicted octanol–water partition coefficient (Wildman–Crippen LogP) is 3.61. The molecule has 0 bridgehead atoms. The van der Waals surface area contributed by atoms with Gasteiger partial charge in [-0.25, -0.2) is 0 Å². The minimum Gasteiger partial charge on any atom is -0.393 e. The Kier molecular flexibility index (Phi) is 3.06. The maximum Gasteiger partial charge on any atom is 0.0906 e. The molecule has 4 rings (SSSR count). The molecule has 0 aromatic rings. The van der Waals surface area contributed by atoms with Gasteiger partial charge in [0.1, 0.15) is 0 Å². The van der Waals surface area contributed by atoms with Crippen molar-refractivity contribution < 1.29 is 10.2 Å². The van der Waals surface area contributed by atoms with Crippen molar-refractivity contribution >= 4 is 0 Å². The van der Waals surface area contributed by atoms with Gasteiger partial charge in [-0.1, -0.05) is 49.3 Å². The third-order valence-electron chi connectivity index (χ3n) is 7.33. The number of rotatable bonds is 0. The molecular formula is C20H28O2. The van der Waals surface area contributed by atoms with Crippen molar-refractivity contribution in [3.05, 3.63) is 35.5 Å². The first-order chi connectivity index (χ1) is 10.4. The summed E-state index contributed by atoms with van der Waals surface area (Å²) in [7, 11) is 0. The van der Waals surface area contributed by atoms with E-state index in [1.165, 1.54) is 5.57 Å². The second-order valence-electron chi connectivity index (χ2n) is 8.52. The van der Waals surface area contributed by atoms with Gasteiger partial charge in [0.15, 0.2) is 0 Å². The van der Waals surface area contributed by atoms with Crippen LogP contribution in [0.5, 0.6) is 0 Å². The molecule has 2 saturated carbocycles. The van der Waals surface area contributed by atoms with Crippen LogP contribution in [-0.4, -0.2) is 22.4 Å². The van der Waals surface area contributed by atoms with Gasteiger partial charge in [0.05, 0.1) is 12.2 Å². The van der Waals surface area contributed by atoms with Gasteiger partial charge in [-0.2, -0.15) is 0 Å². The lowest BCUT2D eigenvalue weighted by molar-refractivity contribution is 0.00542. The second kappa shape index (κ2) is 4.58. The van der Waals surface area contributed by atoms with Crippen LogP contribution in [-0.2, 0) is 0 Å². The summed E-state index contributed by atoms with van der Waals surface area (Å²) in [6, 6.07) is 0. The summed E-state index contributed by atoms with van der Waals surface area (Å²) in [4.78, 5) is 0. The van der Waals surface area contributed by atoms with E-state index >= 15 is 0 Å². The standard InChI is InChI=1S/C20H28O2/c1-12-10-13-11-14(21)6-8-19(13,2)16-7-9-20(3)15(18(12)16)4-5-17(20)22/h6-8,11-12,14-15,17-18,21-22H,4-5,9-10H2,1-3H3/t12-,14-,15-,17-,18-,19-,20-/m0/s1. The lowest BCUT2D eigenvalue weighted by atomic mass is 9.50. The highest BCUT2D eigenvalue weighted by atomic mass is 16.3. The van der Waals surface area contributed by atoms with Crippen LogP contribution in [0.15, 0.2) is 35.5 Å². The van der Waals surface area contributed by atoms with Gasteiger partial charge in [0, 0.05) is 10.8 Å². The predicted molar refractivity (Wildman–Crippen MR) is 88.1 cm³/mol. The molecule has 0 radical (unpaired) electrons. The fourth-order valence-corrected chi connectivity index (χ4v) is 5.93. The Morgan fingerprint density at radius 2 is 1.95 bits per heavy atom. The molecule has 7 atom stereocenters. The fraction of sp³-hybridized carbons (Fsp3) is 0.700. The van der Waals surface area contributed by atoms with E-state index in [2.05, 4.69) is 39.0 Å². The number of hydrogen-bond acceptors (Lipinski definition) is 2. The first kappa shape index (κ1) is 14.7. The zero-order valence-electron chi connectivity index (χ0n) is 13.9. The summed E-state index contributed by atoms with van der Waals surface area (Å²) < 4.78 is 0. The van der Waals surface area contributed by atoms with Crippen LogP contribution in [0.1, 0.15) is 46.5 Å². The van der Waals surface area contributed by atoms with E-state index in [0.717, 1.165) is 25.7 Å². The molecule has 0 unspecified atom stereocenters. The van der Waals surface area contributed by atoms with Crippen LogP contribution in [0.25, 0.3) is 0 Å². The smallest absolute Gasteiger partial charge is 0.0906 e. The average Bonchev–Trinajstić information content (AvgIpc) is 2.77. The van der Waals surface area contributed by atoms with Gasteiger partial charge in [0.2, 0.25) is 0 Å². The van der Waals surface area contributed by atoms with E-state index in [9.17, 15) is 10.2 Å². The molecule has 2 heteroatoms. The third kappa shape index (κ3) is 1.74. The summed E-state index contributed by atoms with van der Waals surface area (Å²) in [6.07, 6.45) is 12.3. The first-order valence-corrected chi connectivity index (χ1v) is 8.83. The Balaban J connectivity index is 1.81. The molecule has 0 aromatic carbocycles. The number of aliphatic hydroxyl groups is 2. The quantitative estimate of drug-likeness (QED) is 0.671. The number of hydrogen-bond donors (Lipinski definition) is 2. The SMILES string of the molecule is C[C@H]1CC2=C[C@@H](O)C=C[C@]2(C)C2=CC[C@]3(C)[C@@H](O)CC[C@H]3[C@@H]21. The highest BCUT2D eigenvalue weighted by molar-refractivity contribution is 5.45. The summed E-state index contributed by atoms with van der Waals surface area (Å²) in [5.41, 5.74) is 3.00. The van der Waals surface area contributed by atoms with Crippen molar-refractivity contribution in [3.8, 4) is 0 Å². The van der Waals surface area contributed by atoms with Gasteiger partial charge in [-0.05, 0) is 50.4 Å². The fourth-order valence-electron chi connectivity index (χ4n) is 5.93. The summed E-state index contributed by atoms with van der Waals surface area (Å²) in [6.45, 7) is 6.98. The summed E-state index contributed by atoms with van der Waals surface area (Å²) in [5.74, 6) is 1.79. The van der Waals surface area contributed by atoms with E-state index in [4.69, 9.17) is 0 Å². The van der Waals surface area contributed by atoms with Crippen molar-refractivity contribution in [1.82, 2.24) is 0 Å². The van der Waals surface area contributed by atoms with Gasteiger partial charge in [-0.3, -0.25) is 0 Å². The minimum atomic E-state index is -0.422. The molecule has 4 aliphatic rings. The van der Waals surface area contributed by atoms with Crippen LogP contribution in [0, 0.1) is 28.6 Å². The molecule has 22 heavy (non-hydrogen) atoms. The van der Waals surface area contributed by atoms with E-state index in [1.807, 2.05) is 6.08 Å². The van der Waals surface area contributed by atoms with Gasteiger partial charge in [0.25, 0.3) is 0 Å².